The number of hydrogen-bond acceptors (Lipinski definition) is 6. The van der Waals surface area contributed by atoms with Crippen LogP contribution in [0.2, 0.25) is 0 Å². The van der Waals surface area contributed by atoms with Gasteiger partial charge in [-0.1, -0.05) is 42.5 Å². The van der Waals surface area contributed by atoms with E-state index in [-0.39, 0.29) is 17.6 Å². The number of carbonyl (C=O) groups excluding carboxylic acids is 2. The number of methoxy groups -OCH3 is 1. The molecule has 1 N–H and O–H groups in total. The fourth-order valence-corrected chi connectivity index (χ4v) is 5.68. The number of fused-ring (bicyclic) bond motifs is 3. The maximum absolute atomic E-state index is 13.9. The Kier molecular flexibility index (Phi) is 5.72. The van der Waals surface area contributed by atoms with Crippen molar-refractivity contribution >= 4 is 28.3 Å². The second-order valence-corrected chi connectivity index (χ2v) is 9.49. The van der Waals surface area contributed by atoms with Gasteiger partial charge in [0.25, 0.3) is 0 Å². The van der Waals surface area contributed by atoms with E-state index in [0.717, 1.165) is 45.4 Å². The first-order valence-corrected chi connectivity index (χ1v) is 12.4. The number of allylic oxidation sites excluding steroid dienone is 2. The van der Waals surface area contributed by atoms with Gasteiger partial charge in [0, 0.05) is 47.8 Å². The number of ketones is 1. The highest BCUT2D eigenvalue weighted by Gasteiger charge is 2.39. The van der Waals surface area contributed by atoms with Gasteiger partial charge in [0.1, 0.15) is 0 Å². The van der Waals surface area contributed by atoms with Gasteiger partial charge in [-0.3, -0.25) is 14.6 Å². The van der Waals surface area contributed by atoms with Crippen LogP contribution in [0.25, 0.3) is 10.9 Å². The summed E-state index contributed by atoms with van der Waals surface area (Å²) in [6, 6.07) is 23.8. The van der Waals surface area contributed by atoms with Crippen molar-refractivity contribution in [1.82, 2.24) is 4.98 Å². The molecule has 0 unspecified atom stereocenters. The molecule has 0 bridgehead atoms. The third-order valence-corrected chi connectivity index (χ3v) is 7.24. The average Bonchev–Trinajstić information content (AvgIpc) is 2.92. The van der Waals surface area contributed by atoms with Crippen LogP contribution in [-0.4, -0.2) is 23.8 Å². The highest BCUT2D eigenvalue weighted by atomic mass is 16.6. The Balaban J connectivity index is 1.54. The summed E-state index contributed by atoms with van der Waals surface area (Å²) in [7, 11) is 1.54. The van der Waals surface area contributed by atoms with Gasteiger partial charge in [-0.05, 0) is 59.4 Å². The number of hydrogen-bond donors (Lipinski definition) is 1. The summed E-state index contributed by atoms with van der Waals surface area (Å²) >= 11 is 0. The molecule has 6 rings (SSSR count). The number of carbonyl (C=O) groups is 2. The predicted molar refractivity (Wildman–Crippen MR) is 142 cm³/mol. The van der Waals surface area contributed by atoms with E-state index >= 15 is 0 Å². The van der Waals surface area contributed by atoms with Gasteiger partial charge in [0.15, 0.2) is 17.3 Å². The van der Waals surface area contributed by atoms with Crippen molar-refractivity contribution in [2.75, 3.05) is 12.4 Å². The number of ether oxygens (including phenoxy) is 2. The zero-order chi connectivity index (χ0) is 25.5. The Bertz CT molecular complexity index is 1580. The monoisotopic (exact) mass is 490 g/mol. The summed E-state index contributed by atoms with van der Waals surface area (Å²) in [5, 5.41) is 4.61. The molecule has 4 aromatic rings. The Hall–Kier alpha value is -4.45. The maximum atomic E-state index is 13.9. The molecule has 6 nitrogen and oxygen atoms in total. The second kappa shape index (κ2) is 9.21. The molecular weight excluding hydrogens is 464 g/mol. The topological polar surface area (TPSA) is 77.5 Å². The summed E-state index contributed by atoms with van der Waals surface area (Å²) in [5.41, 5.74) is 6.64. The summed E-state index contributed by atoms with van der Waals surface area (Å²) < 4.78 is 10.9. The number of anilines is 1. The summed E-state index contributed by atoms with van der Waals surface area (Å²) in [6.07, 6.45) is 2.97. The van der Waals surface area contributed by atoms with E-state index in [0.29, 0.717) is 17.9 Å². The quantitative estimate of drug-likeness (QED) is 0.274. The van der Waals surface area contributed by atoms with Crippen LogP contribution in [0.5, 0.6) is 11.5 Å². The molecule has 1 aliphatic heterocycles. The zero-order valence-electron chi connectivity index (χ0n) is 20.7. The molecule has 0 fully saturated rings. The third-order valence-electron chi connectivity index (χ3n) is 7.24. The number of nitrogens with zero attached hydrogens (tertiary/aromatic N) is 1. The van der Waals surface area contributed by atoms with Crippen LogP contribution in [0, 0.1) is 0 Å². The fourth-order valence-electron chi connectivity index (χ4n) is 5.68. The molecule has 184 valence electrons. The van der Waals surface area contributed by atoms with Crippen LogP contribution in [0.3, 0.4) is 0 Å². The lowest BCUT2D eigenvalue weighted by atomic mass is 9.71. The fraction of sp³-hybridized carbons (Fsp3) is 0.194. The van der Waals surface area contributed by atoms with Crippen molar-refractivity contribution in [3.05, 3.63) is 107 Å². The second-order valence-electron chi connectivity index (χ2n) is 9.49. The van der Waals surface area contributed by atoms with Gasteiger partial charge in [0.2, 0.25) is 0 Å². The van der Waals surface area contributed by atoms with Gasteiger partial charge in [-0.2, -0.15) is 0 Å². The minimum atomic E-state index is -0.422. The van der Waals surface area contributed by atoms with E-state index in [2.05, 4.69) is 22.4 Å². The number of pyridine rings is 1. The highest BCUT2D eigenvalue weighted by molar-refractivity contribution is 6.04. The van der Waals surface area contributed by atoms with Crippen molar-refractivity contribution in [2.24, 2.45) is 0 Å². The Morgan fingerprint density at radius 3 is 2.57 bits per heavy atom. The number of benzene rings is 3. The standard InChI is InChI=1S/C31H26N2O4/c1-18(34)37-27-13-10-20(17-28(27)36-2)29-30-22-9-6-14-32-23(22)11-12-24(30)33-25-15-21(16-26(35)31(25)29)19-7-4-3-5-8-19/h3-14,17,21,29,33H,15-16H2,1-2H3/t21-,29-/m0/s1. The zero-order valence-corrected chi connectivity index (χ0v) is 20.7. The number of esters is 1. The molecule has 2 atom stereocenters. The van der Waals surface area contributed by atoms with Gasteiger partial charge >= 0.3 is 5.97 Å². The lowest BCUT2D eigenvalue weighted by Crippen LogP contribution is -2.30. The molecule has 2 heterocycles. The van der Waals surface area contributed by atoms with Crippen LogP contribution in [0.1, 0.15) is 48.3 Å². The molecule has 2 aliphatic rings. The largest absolute Gasteiger partial charge is 0.493 e. The van der Waals surface area contributed by atoms with Crippen LogP contribution >= 0.6 is 0 Å². The Morgan fingerprint density at radius 2 is 1.78 bits per heavy atom. The minimum absolute atomic E-state index is 0.116. The maximum Gasteiger partial charge on any atom is 0.308 e. The molecule has 0 saturated heterocycles. The van der Waals surface area contributed by atoms with E-state index in [4.69, 9.17) is 9.47 Å². The lowest BCUT2D eigenvalue weighted by Gasteiger charge is -2.37. The molecule has 0 saturated carbocycles. The first kappa shape index (κ1) is 23.0. The van der Waals surface area contributed by atoms with Gasteiger partial charge in [-0.15, -0.1) is 0 Å². The van der Waals surface area contributed by atoms with E-state index < -0.39 is 5.97 Å². The first-order chi connectivity index (χ1) is 18.0. The SMILES string of the molecule is COc1cc([C@@H]2C3=C(C[C@H](c4ccccc4)CC3=O)Nc3ccc4ncccc4c32)ccc1OC(C)=O. The highest BCUT2D eigenvalue weighted by Crippen LogP contribution is 2.50. The molecule has 3 aromatic carbocycles. The average molecular weight is 491 g/mol. The molecule has 0 spiro atoms. The minimum Gasteiger partial charge on any atom is -0.493 e. The van der Waals surface area contributed by atoms with E-state index in [1.807, 2.05) is 54.6 Å². The Labute approximate surface area is 214 Å². The summed E-state index contributed by atoms with van der Waals surface area (Å²) in [4.78, 5) is 30.1. The molecule has 1 aliphatic carbocycles. The van der Waals surface area contributed by atoms with Crippen LogP contribution in [-0.2, 0) is 9.59 Å². The first-order valence-electron chi connectivity index (χ1n) is 12.4. The molecule has 1 aromatic heterocycles. The van der Waals surface area contributed by atoms with Crippen LogP contribution < -0.4 is 14.8 Å². The van der Waals surface area contributed by atoms with Crippen LogP contribution in [0.15, 0.2) is 90.3 Å². The summed E-state index contributed by atoms with van der Waals surface area (Å²) in [6.45, 7) is 1.36. The van der Waals surface area contributed by atoms with Gasteiger partial charge in [0.05, 0.1) is 12.6 Å². The number of rotatable bonds is 4. The van der Waals surface area contributed by atoms with E-state index in [9.17, 15) is 9.59 Å². The van der Waals surface area contributed by atoms with Gasteiger partial charge < -0.3 is 14.8 Å². The van der Waals surface area contributed by atoms with E-state index in [1.165, 1.54) is 12.5 Å². The normalized spacial score (nSPS) is 18.6. The molecular formula is C31H26N2O4. The van der Waals surface area contributed by atoms with Gasteiger partial charge in [-0.25, -0.2) is 0 Å². The van der Waals surface area contributed by atoms with Crippen molar-refractivity contribution in [3.63, 3.8) is 0 Å². The summed E-state index contributed by atoms with van der Waals surface area (Å²) in [5.74, 6) is 0.297. The molecule has 37 heavy (non-hydrogen) atoms. The van der Waals surface area contributed by atoms with Crippen molar-refractivity contribution in [2.45, 2.75) is 31.6 Å². The Morgan fingerprint density at radius 1 is 0.946 bits per heavy atom. The van der Waals surface area contributed by atoms with Crippen molar-refractivity contribution in [1.29, 1.82) is 0 Å². The smallest absolute Gasteiger partial charge is 0.308 e. The molecule has 0 radical (unpaired) electrons. The predicted octanol–water partition coefficient (Wildman–Crippen LogP) is 6.13. The van der Waals surface area contributed by atoms with Crippen LogP contribution in [0.4, 0.5) is 5.69 Å². The third kappa shape index (κ3) is 4.04. The lowest BCUT2D eigenvalue weighted by molar-refractivity contribution is -0.132. The van der Waals surface area contributed by atoms with Crippen molar-refractivity contribution < 1.29 is 19.1 Å². The molecule has 6 heteroatoms. The molecule has 0 amide bonds. The number of Topliss-reactive ketones (excluding diaryl/α,β-unsaturated/α-hetero) is 1. The number of aromatic nitrogens is 1. The van der Waals surface area contributed by atoms with Crippen molar-refractivity contribution in [3.8, 4) is 11.5 Å². The number of nitrogens with one attached hydrogen (secondary N) is 1. The van der Waals surface area contributed by atoms with E-state index in [1.54, 1.807) is 19.4 Å².